The number of amidine groups is 1. The predicted molar refractivity (Wildman–Crippen MR) is 63.5 cm³/mol. The normalized spacial score (nSPS) is 14.1. The van der Waals surface area contributed by atoms with E-state index in [2.05, 4.69) is 27.8 Å². The number of aliphatic imine (C=N–C) groups is 1. The zero-order chi connectivity index (χ0) is 11.2. The number of benzene rings is 1. The highest BCUT2D eigenvalue weighted by molar-refractivity contribution is 6.38. The fourth-order valence-electron chi connectivity index (χ4n) is 1.60. The number of hydrogen-bond acceptors (Lipinski definition) is 3. The quantitative estimate of drug-likeness (QED) is 0.764. The number of amides is 1. The van der Waals surface area contributed by atoms with Gasteiger partial charge in [-0.2, -0.15) is 0 Å². The number of nitrogens with one attached hydrogen (secondary N) is 2. The summed E-state index contributed by atoms with van der Waals surface area (Å²) in [6.07, 6.45) is 0.847. The lowest BCUT2D eigenvalue weighted by Crippen LogP contribution is -2.38. The van der Waals surface area contributed by atoms with Crippen LogP contribution in [0.3, 0.4) is 0 Å². The average molecular weight is 217 g/mol. The molecule has 0 spiro atoms. The zero-order valence-electron chi connectivity index (χ0n) is 9.07. The Kier molecular flexibility index (Phi) is 3.53. The Bertz CT molecular complexity index is 387. The largest absolute Gasteiger partial charge is 0.364 e. The Labute approximate surface area is 94.8 Å². The summed E-state index contributed by atoms with van der Waals surface area (Å²) in [4.78, 5) is 15.6. The molecule has 84 valence electrons. The van der Waals surface area contributed by atoms with Gasteiger partial charge in [-0.3, -0.25) is 9.79 Å². The highest BCUT2D eigenvalue weighted by Crippen LogP contribution is 1.98. The van der Waals surface area contributed by atoms with E-state index >= 15 is 0 Å². The number of hydrogen-bond donors (Lipinski definition) is 2. The summed E-state index contributed by atoms with van der Waals surface area (Å²) < 4.78 is 0. The first-order chi connectivity index (χ1) is 7.86. The molecule has 0 bridgehead atoms. The smallest absolute Gasteiger partial charge is 0.286 e. The highest BCUT2D eigenvalue weighted by atomic mass is 16.2. The highest BCUT2D eigenvalue weighted by Gasteiger charge is 2.13. The molecule has 0 fully saturated rings. The number of carbonyl (C=O) groups is 1. The van der Waals surface area contributed by atoms with Crippen LogP contribution in [0.25, 0.3) is 0 Å². The summed E-state index contributed by atoms with van der Waals surface area (Å²) in [5.41, 5.74) is 1.23. The van der Waals surface area contributed by atoms with Crippen molar-refractivity contribution in [3.8, 4) is 0 Å². The zero-order valence-corrected chi connectivity index (χ0v) is 9.07. The van der Waals surface area contributed by atoms with Crippen LogP contribution in [0.2, 0.25) is 0 Å². The second kappa shape index (κ2) is 5.30. The van der Waals surface area contributed by atoms with E-state index in [1.165, 1.54) is 5.56 Å². The maximum Gasteiger partial charge on any atom is 0.286 e. The van der Waals surface area contributed by atoms with E-state index in [1.54, 1.807) is 0 Å². The van der Waals surface area contributed by atoms with E-state index < -0.39 is 0 Å². The summed E-state index contributed by atoms with van der Waals surface area (Å²) in [6, 6.07) is 10.1. The Morgan fingerprint density at radius 1 is 1.38 bits per heavy atom. The van der Waals surface area contributed by atoms with Crippen molar-refractivity contribution in [2.75, 3.05) is 19.6 Å². The molecule has 1 heterocycles. The first-order valence-corrected chi connectivity index (χ1v) is 5.47. The minimum Gasteiger partial charge on any atom is -0.364 e. The van der Waals surface area contributed by atoms with E-state index in [0.717, 1.165) is 13.0 Å². The third-order valence-corrected chi connectivity index (χ3v) is 2.43. The maximum atomic E-state index is 11.5. The van der Waals surface area contributed by atoms with Crippen LogP contribution >= 0.6 is 0 Å². The molecule has 0 radical (unpaired) electrons. The fourth-order valence-corrected chi connectivity index (χ4v) is 1.60. The van der Waals surface area contributed by atoms with Gasteiger partial charge in [0.15, 0.2) is 5.84 Å². The molecule has 1 aromatic rings. The molecule has 0 aliphatic carbocycles. The van der Waals surface area contributed by atoms with E-state index in [0.29, 0.717) is 18.9 Å². The van der Waals surface area contributed by atoms with Crippen LogP contribution in [-0.2, 0) is 11.2 Å². The van der Waals surface area contributed by atoms with Crippen molar-refractivity contribution in [1.29, 1.82) is 0 Å². The van der Waals surface area contributed by atoms with Crippen molar-refractivity contribution in [3.63, 3.8) is 0 Å². The summed E-state index contributed by atoms with van der Waals surface area (Å²) in [5.74, 6) is 0.362. The lowest BCUT2D eigenvalue weighted by molar-refractivity contribution is -0.114. The van der Waals surface area contributed by atoms with Gasteiger partial charge in [-0.15, -0.1) is 0 Å². The van der Waals surface area contributed by atoms with Crippen molar-refractivity contribution in [2.45, 2.75) is 6.42 Å². The van der Waals surface area contributed by atoms with Crippen molar-refractivity contribution in [1.82, 2.24) is 10.6 Å². The molecular weight excluding hydrogens is 202 g/mol. The fraction of sp³-hybridized carbons (Fsp3) is 0.333. The van der Waals surface area contributed by atoms with E-state index in [1.807, 2.05) is 18.2 Å². The van der Waals surface area contributed by atoms with Crippen molar-refractivity contribution in [2.24, 2.45) is 4.99 Å². The molecule has 1 aliphatic rings. The van der Waals surface area contributed by atoms with E-state index in [-0.39, 0.29) is 5.91 Å². The van der Waals surface area contributed by atoms with Crippen molar-refractivity contribution in [3.05, 3.63) is 35.9 Å². The van der Waals surface area contributed by atoms with Crippen LogP contribution < -0.4 is 10.6 Å². The molecule has 0 unspecified atom stereocenters. The molecule has 2 rings (SSSR count). The summed E-state index contributed by atoms with van der Waals surface area (Å²) in [7, 11) is 0. The molecular formula is C12H15N3O. The molecule has 0 saturated heterocycles. The first kappa shape index (κ1) is 10.7. The standard InChI is InChI=1S/C12H15N3O/c16-12(11-13-8-9-14-11)15-7-6-10-4-2-1-3-5-10/h1-5H,6-9H2,(H,13,14)(H,15,16). The van der Waals surface area contributed by atoms with Gasteiger partial charge in [0.2, 0.25) is 0 Å². The minimum absolute atomic E-state index is 0.103. The van der Waals surface area contributed by atoms with Gasteiger partial charge in [0.05, 0.1) is 6.54 Å². The Morgan fingerprint density at radius 3 is 2.88 bits per heavy atom. The van der Waals surface area contributed by atoms with Gasteiger partial charge in [0.1, 0.15) is 0 Å². The maximum absolute atomic E-state index is 11.5. The first-order valence-electron chi connectivity index (χ1n) is 5.47. The van der Waals surface area contributed by atoms with Crippen LogP contribution in [0.15, 0.2) is 35.3 Å². The van der Waals surface area contributed by atoms with Crippen LogP contribution in [0.4, 0.5) is 0 Å². The lowest BCUT2D eigenvalue weighted by Gasteiger charge is -2.05. The SMILES string of the molecule is O=C(NCCc1ccccc1)C1=NCCN1. The van der Waals surface area contributed by atoms with Crippen molar-refractivity contribution >= 4 is 11.7 Å². The molecule has 1 aliphatic heterocycles. The van der Waals surface area contributed by atoms with E-state index in [4.69, 9.17) is 0 Å². The van der Waals surface area contributed by atoms with Crippen molar-refractivity contribution < 1.29 is 4.79 Å². The van der Waals surface area contributed by atoms with Gasteiger partial charge in [-0.25, -0.2) is 0 Å². The molecule has 2 N–H and O–H groups in total. The topological polar surface area (TPSA) is 53.5 Å². The average Bonchev–Trinajstić information content (AvgIpc) is 2.84. The predicted octanol–water partition coefficient (Wildman–Crippen LogP) is 0.347. The van der Waals surface area contributed by atoms with Crippen LogP contribution in [-0.4, -0.2) is 31.4 Å². The van der Waals surface area contributed by atoms with Crippen LogP contribution in [0.5, 0.6) is 0 Å². The number of nitrogens with zero attached hydrogens (tertiary/aromatic N) is 1. The molecule has 1 amide bonds. The Hall–Kier alpha value is -1.84. The summed E-state index contributed by atoms with van der Waals surface area (Å²) in [5, 5.41) is 5.78. The molecule has 4 heteroatoms. The second-order valence-electron chi connectivity index (χ2n) is 3.65. The molecule has 1 aromatic carbocycles. The third kappa shape index (κ3) is 2.82. The molecule has 16 heavy (non-hydrogen) atoms. The van der Waals surface area contributed by atoms with Gasteiger partial charge < -0.3 is 10.6 Å². The van der Waals surface area contributed by atoms with Crippen LogP contribution in [0, 0.1) is 0 Å². The van der Waals surface area contributed by atoms with Crippen LogP contribution in [0.1, 0.15) is 5.56 Å². The van der Waals surface area contributed by atoms with Gasteiger partial charge in [0.25, 0.3) is 5.91 Å². The monoisotopic (exact) mass is 217 g/mol. The lowest BCUT2D eigenvalue weighted by atomic mass is 10.1. The van der Waals surface area contributed by atoms with Gasteiger partial charge in [-0.1, -0.05) is 30.3 Å². The third-order valence-electron chi connectivity index (χ3n) is 2.43. The van der Waals surface area contributed by atoms with Gasteiger partial charge in [0, 0.05) is 13.1 Å². The van der Waals surface area contributed by atoms with E-state index in [9.17, 15) is 4.79 Å². The second-order valence-corrected chi connectivity index (χ2v) is 3.65. The molecule has 0 atom stereocenters. The van der Waals surface area contributed by atoms with Gasteiger partial charge >= 0.3 is 0 Å². The Balaban J connectivity index is 1.74. The van der Waals surface area contributed by atoms with Gasteiger partial charge in [-0.05, 0) is 12.0 Å². The molecule has 4 nitrogen and oxygen atoms in total. The minimum atomic E-state index is -0.103. The number of carbonyl (C=O) groups excluding carboxylic acids is 1. The molecule has 0 aromatic heterocycles. The summed E-state index contributed by atoms with van der Waals surface area (Å²) in [6.45, 7) is 2.10. The number of rotatable bonds is 4. The Morgan fingerprint density at radius 2 is 2.19 bits per heavy atom. The summed E-state index contributed by atoms with van der Waals surface area (Å²) >= 11 is 0. The molecule has 0 saturated carbocycles.